The van der Waals surface area contributed by atoms with Gasteiger partial charge in [-0.2, -0.15) is 0 Å². The van der Waals surface area contributed by atoms with Crippen LogP contribution in [0.4, 0.5) is 5.69 Å². The van der Waals surface area contributed by atoms with E-state index in [0.717, 1.165) is 17.3 Å². The Morgan fingerprint density at radius 1 is 1.20 bits per heavy atom. The molecular weight excluding hydrogens is 290 g/mol. The van der Waals surface area contributed by atoms with Gasteiger partial charge < -0.3 is 9.80 Å². The van der Waals surface area contributed by atoms with Gasteiger partial charge in [0.15, 0.2) is 5.11 Å². The number of para-hydroxylation sites is 1. The van der Waals surface area contributed by atoms with E-state index in [1.807, 2.05) is 19.2 Å². The Morgan fingerprint density at radius 2 is 1.90 bits per heavy atom. The second-order valence-corrected chi connectivity index (χ2v) is 6.07. The summed E-state index contributed by atoms with van der Waals surface area (Å²) < 4.78 is 0. The van der Waals surface area contributed by atoms with Crippen LogP contribution in [0, 0.1) is 0 Å². The molecule has 0 radical (unpaired) electrons. The molecule has 1 aromatic rings. The molecule has 2 aliphatic rings. The molecule has 0 unspecified atom stereocenters. The SMILES string of the molecule is CCN1/C(=C2\C(=O)N(C)C(=S)N2C)Sc2ccccc21. The van der Waals surface area contributed by atoms with Crippen LogP contribution in [0.1, 0.15) is 6.92 Å². The van der Waals surface area contributed by atoms with Crippen LogP contribution in [0.3, 0.4) is 0 Å². The van der Waals surface area contributed by atoms with E-state index in [2.05, 4.69) is 24.0 Å². The third kappa shape index (κ3) is 1.75. The van der Waals surface area contributed by atoms with Gasteiger partial charge in [-0.05, 0) is 31.3 Å². The molecule has 0 aliphatic carbocycles. The molecule has 0 aromatic heterocycles. The number of nitrogens with zero attached hydrogens (tertiary/aromatic N) is 3. The van der Waals surface area contributed by atoms with Crippen molar-refractivity contribution in [1.82, 2.24) is 9.80 Å². The lowest BCUT2D eigenvalue weighted by atomic mass is 10.3. The number of benzene rings is 1. The maximum Gasteiger partial charge on any atom is 0.279 e. The fraction of sp³-hybridized carbons (Fsp3) is 0.286. The Kier molecular flexibility index (Phi) is 3.22. The summed E-state index contributed by atoms with van der Waals surface area (Å²) in [7, 11) is 3.57. The fourth-order valence-electron chi connectivity index (χ4n) is 2.47. The van der Waals surface area contributed by atoms with Gasteiger partial charge in [-0.1, -0.05) is 23.9 Å². The molecule has 1 amide bonds. The van der Waals surface area contributed by atoms with Crippen molar-refractivity contribution >= 4 is 40.7 Å². The van der Waals surface area contributed by atoms with Crippen molar-refractivity contribution in [2.24, 2.45) is 0 Å². The van der Waals surface area contributed by atoms with E-state index in [1.165, 1.54) is 9.80 Å². The van der Waals surface area contributed by atoms with Gasteiger partial charge in [0.05, 0.1) is 5.69 Å². The predicted octanol–water partition coefficient (Wildman–Crippen LogP) is 2.48. The molecule has 0 spiro atoms. The van der Waals surface area contributed by atoms with E-state index < -0.39 is 0 Å². The normalized spacial score (nSPS) is 22.1. The van der Waals surface area contributed by atoms with Crippen LogP contribution in [0.2, 0.25) is 0 Å². The second-order valence-electron chi connectivity index (χ2n) is 4.67. The van der Waals surface area contributed by atoms with Crippen LogP contribution in [-0.4, -0.2) is 41.5 Å². The molecule has 0 atom stereocenters. The first kappa shape index (κ1) is 13.5. The zero-order valence-electron chi connectivity index (χ0n) is 11.6. The van der Waals surface area contributed by atoms with Crippen LogP contribution >= 0.6 is 24.0 Å². The molecule has 104 valence electrons. The van der Waals surface area contributed by atoms with E-state index in [4.69, 9.17) is 12.2 Å². The van der Waals surface area contributed by atoms with Crippen molar-refractivity contribution in [2.75, 3.05) is 25.5 Å². The number of hydrogen-bond acceptors (Lipinski definition) is 4. The first-order valence-electron chi connectivity index (χ1n) is 6.40. The van der Waals surface area contributed by atoms with Gasteiger partial charge in [-0.25, -0.2) is 0 Å². The molecule has 20 heavy (non-hydrogen) atoms. The number of hydrogen-bond donors (Lipinski definition) is 0. The summed E-state index contributed by atoms with van der Waals surface area (Å²) in [6, 6.07) is 8.20. The van der Waals surface area contributed by atoms with E-state index in [1.54, 1.807) is 23.7 Å². The summed E-state index contributed by atoms with van der Waals surface area (Å²) >= 11 is 6.92. The Balaban J connectivity index is 2.14. The van der Waals surface area contributed by atoms with Crippen LogP contribution in [0.25, 0.3) is 0 Å². The van der Waals surface area contributed by atoms with Crippen LogP contribution < -0.4 is 4.90 Å². The number of carbonyl (C=O) groups excluding carboxylic acids is 1. The molecule has 1 aromatic carbocycles. The highest BCUT2D eigenvalue weighted by molar-refractivity contribution is 8.03. The predicted molar refractivity (Wildman–Crippen MR) is 85.5 cm³/mol. The Labute approximate surface area is 128 Å². The number of amides is 1. The van der Waals surface area contributed by atoms with Gasteiger partial charge in [0.25, 0.3) is 5.91 Å². The zero-order valence-corrected chi connectivity index (χ0v) is 13.2. The average molecular weight is 305 g/mol. The summed E-state index contributed by atoms with van der Waals surface area (Å²) in [6.45, 7) is 2.91. The summed E-state index contributed by atoms with van der Waals surface area (Å²) in [6.07, 6.45) is 0. The van der Waals surface area contributed by atoms with Crippen LogP contribution in [-0.2, 0) is 4.79 Å². The van der Waals surface area contributed by atoms with Gasteiger partial charge in [-0.15, -0.1) is 0 Å². The molecule has 1 fully saturated rings. The lowest BCUT2D eigenvalue weighted by Gasteiger charge is -2.21. The van der Waals surface area contributed by atoms with E-state index >= 15 is 0 Å². The van der Waals surface area contributed by atoms with Gasteiger partial charge in [0.1, 0.15) is 10.7 Å². The highest BCUT2D eigenvalue weighted by Crippen LogP contribution is 2.48. The molecular formula is C14H15N3OS2. The lowest BCUT2D eigenvalue weighted by Crippen LogP contribution is -2.26. The number of carbonyl (C=O) groups is 1. The molecule has 3 rings (SSSR count). The smallest absolute Gasteiger partial charge is 0.279 e. The van der Waals surface area contributed by atoms with Crippen LogP contribution in [0.5, 0.6) is 0 Å². The number of likely N-dealkylation sites (N-methyl/N-ethyl adjacent to an activating group) is 2. The van der Waals surface area contributed by atoms with Gasteiger partial charge in [0.2, 0.25) is 0 Å². The van der Waals surface area contributed by atoms with Gasteiger partial charge >= 0.3 is 0 Å². The van der Waals surface area contributed by atoms with Gasteiger partial charge in [-0.3, -0.25) is 9.69 Å². The fourth-order valence-corrected chi connectivity index (χ4v) is 3.94. The topological polar surface area (TPSA) is 26.8 Å². The van der Waals surface area contributed by atoms with Crippen molar-refractivity contribution in [3.8, 4) is 0 Å². The Morgan fingerprint density at radius 3 is 2.50 bits per heavy atom. The molecule has 0 bridgehead atoms. The minimum absolute atomic E-state index is 0.0359. The summed E-state index contributed by atoms with van der Waals surface area (Å²) in [5.41, 5.74) is 1.82. The molecule has 2 heterocycles. The summed E-state index contributed by atoms with van der Waals surface area (Å²) in [4.78, 5) is 19.1. The quantitative estimate of drug-likeness (QED) is 0.587. The highest BCUT2D eigenvalue weighted by Gasteiger charge is 2.39. The number of thioether (sulfide) groups is 1. The van der Waals surface area contributed by atoms with Crippen molar-refractivity contribution in [1.29, 1.82) is 0 Å². The maximum atomic E-state index is 12.4. The van der Waals surface area contributed by atoms with Crippen LogP contribution in [0.15, 0.2) is 39.9 Å². The first-order chi connectivity index (χ1) is 9.56. The molecule has 0 N–H and O–H groups in total. The number of anilines is 1. The average Bonchev–Trinajstić information content (AvgIpc) is 2.91. The lowest BCUT2D eigenvalue weighted by molar-refractivity contribution is -0.121. The highest BCUT2D eigenvalue weighted by atomic mass is 32.2. The van der Waals surface area contributed by atoms with Crippen molar-refractivity contribution < 1.29 is 4.79 Å². The Bertz CT molecular complexity index is 641. The molecule has 4 nitrogen and oxygen atoms in total. The van der Waals surface area contributed by atoms with E-state index in [-0.39, 0.29) is 5.91 Å². The molecule has 1 saturated heterocycles. The van der Waals surface area contributed by atoms with Crippen molar-refractivity contribution in [3.05, 3.63) is 35.0 Å². The maximum absolute atomic E-state index is 12.4. The van der Waals surface area contributed by atoms with E-state index in [0.29, 0.717) is 10.8 Å². The van der Waals surface area contributed by atoms with E-state index in [9.17, 15) is 4.79 Å². The number of thiocarbonyl (C=S) groups is 1. The monoisotopic (exact) mass is 305 g/mol. The molecule has 2 aliphatic heterocycles. The van der Waals surface area contributed by atoms with Gasteiger partial charge in [0, 0.05) is 25.5 Å². The van der Waals surface area contributed by atoms with Crippen molar-refractivity contribution in [3.63, 3.8) is 0 Å². The largest absolute Gasteiger partial charge is 0.333 e. The number of fused-ring (bicyclic) bond motifs is 1. The standard InChI is InChI=1S/C14H15N3OS2/c1-4-17-9-7-5-6-8-10(9)20-13(17)11-12(18)16(3)14(19)15(11)2/h5-8H,4H2,1-3H3/b13-11-. The Hall–Kier alpha value is -1.53. The summed E-state index contributed by atoms with van der Waals surface area (Å²) in [5.74, 6) is -0.0359. The summed E-state index contributed by atoms with van der Waals surface area (Å²) in [5, 5.41) is 1.51. The zero-order chi connectivity index (χ0) is 14.4. The molecule has 0 saturated carbocycles. The minimum atomic E-state index is -0.0359. The molecule has 6 heteroatoms. The van der Waals surface area contributed by atoms with Crippen molar-refractivity contribution in [2.45, 2.75) is 11.8 Å². The third-order valence-electron chi connectivity index (χ3n) is 3.54. The first-order valence-corrected chi connectivity index (χ1v) is 7.63. The second kappa shape index (κ2) is 4.79. The third-order valence-corrected chi connectivity index (χ3v) is 5.26. The minimum Gasteiger partial charge on any atom is -0.333 e. The number of rotatable bonds is 1.